The molecule has 3 unspecified atom stereocenters. The van der Waals surface area contributed by atoms with Gasteiger partial charge in [0.2, 0.25) is 11.8 Å². The fourth-order valence-corrected chi connectivity index (χ4v) is 4.74. The van der Waals surface area contributed by atoms with Gasteiger partial charge in [0.1, 0.15) is 23.4 Å². The highest BCUT2D eigenvalue weighted by Crippen LogP contribution is 2.37. The first kappa shape index (κ1) is 33.7. The molecular formula is C33H49N3O5. The molecule has 0 aromatic heterocycles. The molecule has 2 aromatic rings. The number of para-hydroxylation sites is 1. The summed E-state index contributed by atoms with van der Waals surface area (Å²) in [5, 5.41) is 17.0. The molecule has 0 bridgehead atoms. The van der Waals surface area contributed by atoms with Crippen molar-refractivity contribution >= 4 is 17.9 Å². The average Bonchev–Trinajstić information content (AvgIpc) is 2.87. The highest BCUT2D eigenvalue weighted by Gasteiger charge is 2.44. The van der Waals surface area contributed by atoms with E-state index in [1.54, 1.807) is 45.9 Å². The third kappa shape index (κ3) is 9.51. The van der Waals surface area contributed by atoms with Gasteiger partial charge in [0.05, 0.1) is 0 Å². The number of phenolic OH excluding ortho intramolecular Hbond substituents is 1. The number of carbonyl (C=O) groups is 3. The van der Waals surface area contributed by atoms with Crippen LogP contribution in [-0.2, 0) is 20.7 Å². The van der Waals surface area contributed by atoms with E-state index >= 15 is 0 Å². The predicted molar refractivity (Wildman–Crippen MR) is 163 cm³/mol. The molecule has 3 atom stereocenters. The maximum absolute atomic E-state index is 14.7. The Morgan fingerprint density at radius 3 is 2.15 bits per heavy atom. The summed E-state index contributed by atoms with van der Waals surface area (Å²) in [6.45, 7) is 16.7. The lowest BCUT2D eigenvalue weighted by molar-refractivity contribution is -0.149. The summed E-state index contributed by atoms with van der Waals surface area (Å²) in [6.07, 6.45) is 1.63. The smallest absolute Gasteiger partial charge is 0.408 e. The highest BCUT2D eigenvalue weighted by atomic mass is 16.6. The first-order valence-electron chi connectivity index (χ1n) is 14.6. The Hall–Kier alpha value is -3.55. The van der Waals surface area contributed by atoms with Gasteiger partial charge in [-0.1, -0.05) is 68.8 Å². The lowest BCUT2D eigenvalue weighted by atomic mass is 9.90. The lowest BCUT2D eigenvalue weighted by Crippen LogP contribution is -2.60. The minimum Gasteiger partial charge on any atom is -0.507 e. The number of alkyl carbamates (subject to hydrolysis) is 1. The largest absolute Gasteiger partial charge is 0.507 e. The van der Waals surface area contributed by atoms with Crippen LogP contribution in [0.15, 0.2) is 48.5 Å². The van der Waals surface area contributed by atoms with E-state index in [9.17, 15) is 19.5 Å². The van der Waals surface area contributed by atoms with E-state index in [1.165, 1.54) is 4.90 Å². The first-order valence-corrected chi connectivity index (χ1v) is 14.6. The molecule has 0 aliphatic heterocycles. The van der Waals surface area contributed by atoms with Crippen LogP contribution >= 0.6 is 0 Å². The minimum absolute atomic E-state index is 0.0415. The van der Waals surface area contributed by atoms with Gasteiger partial charge in [-0.2, -0.15) is 0 Å². The quantitative estimate of drug-likeness (QED) is 0.283. The molecule has 0 saturated carbocycles. The lowest BCUT2D eigenvalue weighted by Gasteiger charge is -2.45. The Kier molecular flexibility index (Phi) is 11.8. The zero-order valence-electron chi connectivity index (χ0n) is 26.2. The minimum atomic E-state index is -1.14. The van der Waals surface area contributed by atoms with Crippen LogP contribution in [0.2, 0.25) is 0 Å². The number of ether oxygens (including phenoxy) is 1. The zero-order valence-corrected chi connectivity index (χ0v) is 26.2. The van der Waals surface area contributed by atoms with Crippen LogP contribution in [0.25, 0.3) is 0 Å². The molecule has 0 heterocycles. The number of phenols is 1. The summed E-state index contributed by atoms with van der Waals surface area (Å²) >= 11 is 0. The van der Waals surface area contributed by atoms with E-state index in [0.29, 0.717) is 17.5 Å². The van der Waals surface area contributed by atoms with Crippen LogP contribution in [0.5, 0.6) is 5.75 Å². The monoisotopic (exact) mass is 567 g/mol. The Labute approximate surface area is 245 Å². The third-order valence-electron chi connectivity index (χ3n) is 7.21. The molecule has 41 heavy (non-hydrogen) atoms. The number of amides is 3. The van der Waals surface area contributed by atoms with E-state index in [2.05, 4.69) is 10.6 Å². The molecular weight excluding hydrogens is 518 g/mol. The highest BCUT2D eigenvalue weighted by molar-refractivity contribution is 5.93. The third-order valence-corrected chi connectivity index (χ3v) is 7.21. The van der Waals surface area contributed by atoms with Gasteiger partial charge >= 0.3 is 6.09 Å². The van der Waals surface area contributed by atoms with Crippen LogP contribution < -0.4 is 10.6 Å². The molecule has 2 rings (SSSR count). The summed E-state index contributed by atoms with van der Waals surface area (Å²) in [5.74, 6) is -0.881. The predicted octanol–water partition coefficient (Wildman–Crippen LogP) is 6.20. The van der Waals surface area contributed by atoms with Gasteiger partial charge in [-0.25, -0.2) is 4.79 Å². The van der Waals surface area contributed by atoms with Crippen LogP contribution in [0.4, 0.5) is 4.79 Å². The molecule has 0 aliphatic carbocycles. The topological polar surface area (TPSA) is 108 Å². The Morgan fingerprint density at radius 2 is 1.59 bits per heavy atom. The number of aryl methyl sites for hydroxylation is 1. The van der Waals surface area contributed by atoms with E-state index < -0.39 is 41.1 Å². The maximum atomic E-state index is 14.7. The molecule has 3 amide bonds. The van der Waals surface area contributed by atoms with Crippen molar-refractivity contribution in [2.45, 2.75) is 117 Å². The van der Waals surface area contributed by atoms with Crippen LogP contribution in [0.1, 0.15) is 97.4 Å². The van der Waals surface area contributed by atoms with E-state index in [0.717, 1.165) is 18.4 Å². The Balaban J connectivity index is 2.71. The molecule has 8 heteroatoms. The fraction of sp³-hybridized carbons (Fsp3) is 0.545. The van der Waals surface area contributed by atoms with Crippen molar-refractivity contribution in [3.05, 3.63) is 65.2 Å². The van der Waals surface area contributed by atoms with Crippen molar-refractivity contribution in [2.24, 2.45) is 0 Å². The Bertz CT molecular complexity index is 1170. The van der Waals surface area contributed by atoms with Crippen LogP contribution in [0.3, 0.4) is 0 Å². The molecule has 2 aromatic carbocycles. The van der Waals surface area contributed by atoms with Gasteiger partial charge in [-0.15, -0.1) is 0 Å². The summed E-state index contributed by atoms with van der Waals surface area (Å²) in [7, 11) is 0. The molecule has 0 radical (unpaired) electrons. The number of rotatable bonds is 12. The maximum Gasteiger partial charge on any atom is 0.408 e. The number of benzene rings is 2. The first-order chi connectivity index (χ1) is 19.1. The number of hydrogen-bond acceptors (Lipinski definition) is 5. The van der Waals surface area contributed by atoms with Crippen LogP contribution in [0, 0.1) is 6.92 Å². The van der Waals surface area contributed by atoms with Gasteiger partial charge in [-0.3, -0.25) is 9.59 Å². The second-order valence-electron chi connectivity index (χ2n) is 12.4. The molecule has 0 fully saturated rings. The number of nitrogens with zero attached hydrogens (tertiary/aromatic N) is 1. The van der Waals surface area contributed by atoms with Gasteiger partial charge in [0, 0.05) is 23.6 Å². The van der Waals surface area contributed by atoms with Crippen molar-refractivity contribution in [3.63, 3.8) is 0 Å². The number of aromatic hydroxyl groups is 1. The van der Waals surface area contributed by atoms with Gasteiger partial charge in [0.25, 0.3) is 0 Å². The fourth-order valence-electron chi connectivity index (χ4n) is 4.74. The number of nitrogens with one attached hydrogen (secondary N) is 2. The summed E-state index contributed by atoms with van der Waals surface area (Å²) in [4.78, 5) is 43.2. The SMILES string of the molecule is CCCC(C)NC(=O)C(c1cccc(C)c1O)N(C(=O)C(Cc1ccccc1)NC(=O)OC(C)(C)C)C(C)(C)CC. The molecule has 0 saturated heterocycles. The van der Waals surface area contributed by atoms with Crippen molar-refractivity contribution in [1.29, 1.82) is 0 Å². The second kappa shape index (κ2) is 14.4. The van der Waals surface area contributed by atoms with Crippen molar-refractivity contribution in [2.75, 3.05) is 0 Å². The van der Waals surface area contributed by atoms with Crippen molar-refractivity contribution in [3.8, 4) is 5.75 Å². The molecule has 3 N–H and O–H groups in total. The van der Waals surface area contributed by atoms with Crippen LogP contribution in [-0.4, -0.2) is 51.1 Å². The zero-order chi connectivity index (χ0) is 31.0. The summed E-state index contributed by atoms with van der Waals surface area (Å²) in [5.41, 5.74) is 0.173. The standard InChI is InChI=1S/C33H49N3O5/c1-10-16-23(4)34-29(38)27(25-20-15-17-22(3)28(25)37)36(33(8,9)11-2)30(39)26(21-24-18-13-12-14-19-24)35-31(40)41-32(5,6)7/h12-15,17-20,23,26-27,37H,10-11,16,21H2,1-9H3,(H,34,38)(H,35,40). The molecule has 0 aliphatic rings. The normalized spacial score (nSPS) is 14.0. The van der Waals surface area contributed by atoms with Crippen molar-refractivity contribution < 1.29 is 24.2 Å². The van der Waals surface area contributed by atoms with E-state index in [1.807, 2.05) is 65.0 Å². The molecule has 226 valence electrons. The molecule has 8 nitrogen and oxygen atoms in total. The summed E-state index contributed by atoms with van der Waals surface area (Å²) in [6, 6.07) is 12.3. The van der Waals surface area contributed by atoms with Gasteiger partial charge in [-0.05, 0) is 72.4 Å². The second-order valence-corrected chi connectivity index (χ2v) is 12.4. The van der Waals surface area contributed by atoms with Gasteiger partial charge < -0.3 is 25.4 Å². The van der Waals surface area contributed by atoms with E-state index in [4.69, 9.17) is 4.74 Å². The number of carbonyl (C=O) groups excluding carboxylic acids is 3. The number of hydrogen-bond donors (Lipinski definition) is 3. The van der Waals surface area contributed by atoms with E-state index in [-0.39, 0.29) is 18.2 Å². The van der Waals surface area contributed by atoms with Crippen molar-refractivity contribution in [1.82, 2.24) is 15.5 Å². The molecule has 0 spiro atoms. The Morgan fingerprint density at radius 1 is 0.951 bits per heavy atom. The van der Waals surface area contributed by atoms with Gasteiger partial charge in [0.15, 0.2) is 0 Å². The average molecular weight is 568 g/mol. The summed E-state index contributed by atoms with van der Waals surface area (Å²) < 4.78 is 5.51.